The fraction of sp³-hybridized carbons (Fsp3) is 0.842. The molecule has 0 atom stereocenters. The molecule has 4 aliphatic rings. The third kappa shape index (κ3) is 21.1. The first-order chi connectivity index (χ1) is 22.2. The second kappa shape index (κ2) is 21.8. The number of rotatable bonds is 10. The molecule has 0 radical (unpaired) electrons. The van der Waals surface area contributed by atoms with Crippen LogP contribution in [0.1, 0.15) is 113 Å². The minimum absolute atomic E-state index is 0.0705. The van der Waals surface area contributed by atoms with Crippen LogP contribution in [0.15, 0.2) is 24.3 Å². The lowest BCUT2D eigenvalue weighted by Gasteiger charge is -2.46. The average Bonchev–Trinajstić information content (AvgIpc) is 2.88. The summed E-state index contributed by atoms with van der Waals surface area (Å²) in [5, 5.41) is 9.29. The highest BCUT2D eigenvalue weighted by atomic mass is 19.3. The lowest BCUT2D eigenvalue weighted by atomic mass is 9.91. The number of ether oxygens (including phenoxy) is 5. The van der Waals surface area contributed by atoms with Crippen molar-refractivity contribution in [2.75, 3.05) is 26.3 Å². The molecule has 1 aromatic rings. The van der Waals surface area contributed by atoms with E-state index in [1.807, 2.05) is 62.3 Å². The van der Waals surface area contributed by atoms with Crippen LogP contribution in [-0.2, 0) is 30.3 Å². The molecule has 2 aliphatic carbocycles. The maximum Gasteiger partial charge on any atom is 0.253 e. The summed E-state index contributed by atoms with van der Waals surface area (Å²) < 4.78 is 62.7. The maximum absolute atomic E-state index is 12.2. The van der Waals surface area contributed by atoms with Gasteiger partial charge in [0, 0.05) is 44.8 Å². The predicted octanol–water partition coefficient (Wildman–Crippen LogP) is 8.31. The van der Waals surface area contributed by atoms with Crippen molar-refractivity contribution >= 4 is 0 Å². The van der Waals surface area contributed by atoms with E-state index in [0.717, 1.165) is 32.9 Å². The minimum Gasteiger partial charge on any atom is -0.388 e. The molecule has 282 valence electrons. The number of hydrogen-bond donors (Lipinski definition) is 1. The molecule has 0 bridgehead atoms. The fourth-order valence-electron chi connectivity index (χ4n) is 4.90. The molecule has 1 aromatic carbocycles. The molecule has 48 heavy (non-hydrogen) atoms. The van der Waals surface area contributed by atoms with Crippen molar-refractivity contribution in [1.29, 1.82) is 0 Å². The lowest BCUT2D eigenvalue weighted by molar-refractivity contribution is -0.176. The Bertz CT molecular complexity index is 945. The highest BCUT2D eigenvalue weighted by molar-refractivity contribution is 5.20. The zero-order valence-corrected chi connectivity index (χ0v) is 31.9. The van der Waals surface area contributed by atoms with Gasteiger partial charge in [-0.2, -0.15) is 0 Å². The quantitative estimate of drug-likeness (QED) is 0.265. The van der Waals surface area contributed by atoms with Gasteiger partial charge in [0.2, 0.25) is 0 Å². The second-order valence-corrected chi connectivity index (χ2v) is 15.1. The zero-order chi connectivity index (χ0) is 36.7. The molecule has 2 aliphatic heterocycles. The fourth-order valence-corrected chi connectivity index (χ4v) is 4.90. The van der Waals surface area contributed by atoms with Gasteiger partial charge in [-0.05, 0) is 88.6 Å². The Hall–Kier alpha value is -1.27. The van der Waals surface area contributed by atoms with Crippen LogP contribution in [0.3, 0.4) is 0 Å². The summed E-state index contributed by atoms with van der Waals surface area (Å²) in [6.07, 6.45) is 1.82. The molecule has 1 N–H and O–H groups in total. The summed E-state index contributed by atoms with van der Waals surface area (Å²) in [4.78, 5) is 2.25. The largest absolute Gasteiger partial charge is 0.388 e. The first-order valence-corrected chi connectivity index (χ1v) is 17.9. The molecule has 0 aromatic heterocycles. The van der Waals surface area contributed by atoms with E-state index in [-0.39, 0.29) is 37.3 Å². The van der Waals surface area contributed by atoms with E-state index in [4.69, 9.17) is 23.7 Å². The van der Waals surface area contributed by atoms with Gasteiger partial charge >= 0.3 is 0 Å². The van der Waals surface area contributed by atoms with Crippen LogP contribution in [0.25, 0.3) is 0 Å². The van der Waals surface area contributed by atoms with Crippen LogP contribution in [0.2, 0.25) is 0 Å². The van der Waals surface area contributed by atoms with Gasteiger partial charge in [0.05, 0.1) is 62.0 Å². The molecule has 5 rings (SSSR count). The molecule has 10 heteroatoms. The number of halogens is 3. The van der Waals surface area contributed by atoms with E-state index in [0.29, 0.717) is 37.2 Å². The van der Waals surface area contributed by atoms with E-state index < -0.39 is 17.7 Å². The Labute approximate surface area is 290 Å². The van der Waals surface area contributed by atoms with Gasteiger partial charge in [-0.15, -0.1) is 0 Å². The Morgan fingerprint density at radius 1 is 0.771 bits per heavy atom. The van der Waals surface area contributed by atoms with Crippen LogP contribution in [0.5, 0.6) is 0 Å². The number of β-amino-alcohol motifs (C(OH)–C–C–N with tert-alkyl or cyclic N) is 1. The third-order valence-electron chi connectivity index (χ3n) is 7.61. The van der Waals surface area contributed by atoms with E-state index in [2.05, 4.69) is 49.9 Å². The number of nitrogens with zero attached hydrogens (tertiary/aromatic N) is 1. The van der Waals surface area contributed by atoms with Gasteiger partial charge in [0.1, 0.15) is 12.3 Å². The number of aliphatic hydroxyl groups is 1. The molecular weight excluding hydrogens is 623 g/mol. The number of hydrogen-bond acceptors (Lipinski definition) is 7. The summed E-state index contributed by atoms with van der Waals surface area (Å²) in [7, 11) is 0. The normalized spacial score (nSPS) is 22.9. The van der Waals surface area contributed by atoms with E-state index >= 15 is 0 Å². The number of likely N-dealkylation sites (tertiary alicyclic amines) is 1. The van der Waals surface area contributed by atoms with Gasteiger partial charge in [0.15, 0.2) is 0 Å². The number of aryl methyl sites for hydroxylation is 1. The monoisotopic (exact) mass is 691 g/mol. The van der Waals surface area contributed by atoms with Crippen molar-refractivity contribution in [2.45, 2.75) is 182 Å². The van der Waals surface area contributed by atoms with E-state index in [9.17, 15) is 18.3 Å². The molecule has 2 heterocycles. The van der Waals surface area contributed by atoms with Crippen molar-refractivity contribution in [3.8, 4) is 0 Å². The topological polar surface area (TPSA) is 69.6 Å². The smallest absolute Gasteiger partial charge is 0.253 e. The SMILES string of the molecule is CC(C)N1CC(C)(O)C1.CC(C)OC1CC(F)(F)C1.CC(C)OC1CC(F)C1.CC(C)OC1COC1.Cc1ccc(COC(C)C)cc1. The molecule has 2 saturated heterocycles. The molecule has 0 unspecified atom stereocenters. The lowest BCUT2D eigenvalue weighted by Crippen LogP contribution is -2.61. The zero-order valence-electron chi connectivity index (χ0n) is 31.9. The van der Waals surface area contributed by atoms with Crippen LogP contribution < -0.4 is 0 Å². The van der Waals surface area contributed by atoms with E-state index in [1.54, 1.807) is 0 Å². The van der Waals surface area contributed by atoms with Crippen molar-refractivity contribution < 1.29 is 42.0 Å². The molecular formula is C38H68F3NO6. The predicted molar refractivity (Wildman–Crippen MR) is 188 cm³/mol. The van der Waals surface area contributed by atoms with Gasteiger partial charge in [-0.1, -0.05) is 29.8 Å². The van der Waals surface area contributed by atoms with E-state index in [1.165, 1.54) is 11.1 Å². The van der Waals surface area contributed by atoms with Crippen LogP contribution in [-0.4, -0.2) is 103 Å². The van der Waals surface area contributed by atoms with Crippen LogP contribution in [0.4, 0.5) is 13.2 Å². The van der Waals surface area contributed by atoms with Gasteiger partial charge < -0.3 is 28.8 Å². The van der Waals surface area contributed by atoms with Crippen LogP contribution in [0, 0.1) is 6.92 Å². The van der Waals surface area contributed by atoms with Crippen molar-refractivity contribution in [2.24, 2.45) is 0 Å². The highest BCUT2D eigenvalue weighted by Crippen LogP contribution is 2.39. The third-order valence-corrected chi connectivity index (χ3v) is 7.61. The summed E-state index contributed by atoms with van der Waals surface area (Å²) in [5.74, 6) is -2.44. The first kappa shape index (κ1) is 44.8. The second-order valence-electron chi connectivity index (χ2n) is 15.1. The van der Waals surface area contributed by atoms with Crippen molar-refractivity contribution in [3.63, 3.8) is 0 Å². The molecule has 2 saturated carbocycles. The van der Waals surface area contributed by atoms with Crippen molar-refractivity contribution in [1.82, 2.24) is 4.90 Å². The highest BCUT2D eigenvalue weighted by Gasteiger charge is 2.46. The first-order valence-electron chi connectivity index (χ1n) is 17.9. The molecule has 0 spiro atoms. The summed E-state index contributed by atoms with van der Waals surface area (Å²) >= 11 is 0. The van der Waals surface area contributed by atoms with Crippen LogP contribution >= 0.6 is 0 Å². The molecule has 7 nitrogen and oxygen atoms in total. The summed E-state index contributed by atoms with van der Waals surface area (Å²) in [5.41, 5.74) is 2.14. The van der Waals surface area contributed by atoms with Crippen molar-refractivity contribution in [3.05, 3.63) is 35.4 Å². The van der Waals surface area contributed by atoms with Gasteiger partial charge in [0.25, 0.3) is 5.92 Å². The van der Waals surface area contributed by atoms with Gasteiger partial charge in [-0.25, -0.2) is 13.2 Å². The summed E-state index contributed by atoms with van der Waals surface area (Å²) in [6.45, 7) is 28.1. The standard InChI is InChI=1S/C11H16O.C7H12F2O.C7H13FO.C7H15NO.C6H12O2/c1-9(2)12-8-11-6-4-10(3)5-7-11;1-5(2)10-6-3-7(8,9)4-6;1-5(2)9-7-3-6(8)4-7;1-6(2)8-4-7(3,9)5-8;1-5(2)8-6-3-7-4-6/h4-7,9H,8H2,1-3H3;5-6H,3-4H2,1-2H3;5-7H,3-4H2,1-2H3;6,9H,4-5H2,1-3H3;5-6H,3-4H2,1-2H3. The number of alkyl halides is 3. The molecule has 4 fully saturated rings. The summed E-state index contributed by atoms with van der Waals surface area (Å²) in [6, 6.07) is 9.03. The molecule has 0 amide bonds. The average molecular weight is 692 g/mol. The maximum atomic E-state index is 12.2. The Balaban J connectivity index is 0.000000302. The van der Waals surface area contributed by atoms with Gasteiger partial charge in [-0.3, -0.25) is 4.90 Å². The Kier molecular flexibility index (Phi) is 20.4. The number of benzene rings is 1. The Morgan fingerprint density at radius 2 is 1.23 bits per heavy atom. The minimum atomic E-state index is -2.44. The Morgan fingerprint density at radius 3 is 1.52 bits per heavy atom.